The van der Waals surface area contributed by atoms with Crippen molar-refractivity contribution in [2.45, 2.75) is 6.92 Å². The minimum atomic E-state index is -0.464. The highest BCUT2D eigenvalue weighted by Gasteiger charge is 2.17. The number of benzene rings is 1. The molecule has 3 N–H and O–H groups in total. The fourth-order valence-electron chi connectivity index (χ4n) is 1.47. The third-order valence-corrected chi connectivity index (χ3v) is 2.25. The Hall–Kier alpha value is -2.57. The molecule has 2 aromatic rings. The van der Waals surface area contributed by atoms with E-state index in [0.29, 0.717) is 17.3 Å². The maximum absolute atomic E-state index is 12.0. The second kappa shape index (κ2) is 4.74. The summed E-state index contributed by atoms with van der Waals surface area (Å²) in [5.74, 6) is 0.343. The fraction of sp³-hybridized carbons (Fsp3) is 0.182. The van der Waals surface area contributed by atoms with E-state index in [4.69, 9.17) is 15.0 Å². The molecule has 0 saturated heterocycles. The van der Waals surface area contributed by atoms with E-state index in [2.05, 4.69) is 15.5 Å². The van der Waals surface area contributed by atoms with Gasteiger partial charge >= 0.3 is 6.01 Å². The van der Waals surface area contributed by atoms with Crippen molar-refractivity contribution >= 4 is 17.6 Å². The summed E-state index contributed by atoms with van der Waals surface area (Å²) in [6.07, 6.45) is 0. The Kier molecular flexibility index (Phi) is 3.13. The van der Waals surface area contributed by atoms with Crippen LogP contribution in [0.5, 0.6) is 5.75 Å². The largest absolute Gasteiger partial charge is 0.496 e. The number of aromatic nitrogens is 2. The highest BCUT2D eigenvalue weighted by atomic mass is 16.5. The summed E-state index contributed by atoms with van der Waals surface area (Å²) in [5, 5.41) is 6.02. The lowest BCUT2D eigenvalue weighted by molar-refractivity contribution is 0.102. The molecule has 0 radical (unpaired) electrons. The average molecular weight is 248 g/mol. The number of hydrogen-bond acceptors (Lipinski definition) is 6. The third-order valence-electron chi connectivity index (χ3n) is 2.25. The molecule has 2 rings (SSSR count). The molecular formula is C11H12N4O3. The monoisotopic (exact) mass is 248 g/mol. The van der Waals surface area contributed by atoms with Crippen LogP contribution in [0.15, 0.2) is 22.7 Å². The van der Waals surface area contributed by atoms with Crippen LogP contribution in [0.3, 0.4) is 0 Å². The first-order chi connectivity index (χ1) is 8.61. The molecule has 0 bridgehead atoms. The lowest BCUT2D eigenvalue weighted by Gasteiger charge is -2.09. The summed E-state index contributed by atoms with van der Waals surface area (Å²) >= 11 is 0. The van der Waals surface area contributed by atoms with Crippen molar-refractivity contribution in [1.29, 1.82) is 0 Å². The number of methoxy groups -OCH3 is 1. The molecule has 1 aromatic carbocycles. The van der Waals surface area contributed by atoms with E-state index in [0.717, 1.165) is 0 Å². The van der Waals surface area contributed by atoms with E-state index in [-0.39, 0.29) is 11.6 Å². The molecule has 1 amide bonds. The number of ether oxygens (including phenoxy) is 1. The molecule has 94 valence electrons. The Morgan fingerprint density at radius 1 is 1.50 bits per heavy atom. The van der Waals surface area contributed by atoms with E-state index in [1.165, 1.54) is 7.11 Å². The maximum Gasteiger partial charge on any atom is 0.328 e. The summed E-state index contributed by atoms with van der Waals surface area (Å²) in [4.78, 5) is 15.9. The van der Waals surface area contributed by atoms with Crippen LogP contribution >= 0.6 is 0 Å². The first-order valence-electron chi connectivity index (χ1n) is 5.16. The van der Waals surface area contributed by atoms with Crippen LogP contribution in [0.2, 0.25) is 0 Å². The number of hydrogen-bond donors (Lipinski definition) is 2. The van der Waals surface area contributed by atoms with Gasteiger partial charge < -0.3 is 15.0 Å². The zero-order valence-corrected chi connectivity index (χ0v) is 9.93. The number of nitrogens with zero attached hydrogens (tertiary/aromatic N) is 2. The molecular weight excluding hydrogens is 236 g/mol. The number of nitrogen functional groups attached to an aromatic ring is 1. The number of anilines is 2. The molecule has 0 fully saturated rings. The van der Waals surface area contributed by atoms with Crippen LogP contribution in [-0.4, -0.2) is 23.2 Å². The standard InChI is InChI=1S/C11H12N4O3/c1-6-13-11(18-15-6)14-10(16)9-7(12)4-3-5-8(9)17-2/h3-5H,12H2,1-2H3,(H,13,14,15,16). The predicted molar refractivity (Wildman–Crippen MR) is 64.4 cm³/mol. The van der Waals surface area contributed by atoms with Gasteiger partial charge in [-0.2, -0.15) is 4.98 Å². The van der Waals surface area contributed by atoms with Gasteiger partial charge in [0.05, 0.1) is 7.11 Å². The quantitative estimate of drug-likeness (QED) is 0.791. The van der Waals surface area contributed by atoms with Crippen LogP contribution in [-0.2, 0) is 0 Å². The summed E-state index contributed by atoms with van der Waals surface area (Å²) in [6, 6.07) is 4.96. The highest BCUT2D eigenvalue weighted by molar-refractivity contribution is 6.08. The van der Waals surface area contributed by atoms with Crippen LogP contribution in [0.4, 0.5) is 11.7 Å². The van der Waals surface area contributed by atoms with Gasteiger partial charge in [-0.25, -0.2) is 0 Å². The molecule has 0 aliphatic heterocycles. The first kappa shape index (κ1) is 11.9. The molecule has 0 aliphatic rings. The number of carbonyl (C=O) groups excluding carboxylic acids is 1. The van der Waals surface area contributed by atoms with Crippen molar-refractivity contribution in [2.24, 2.45) is 0 Å². The van der Waals surface area contributed by atoms with Gasteiger partial charge in [0.25, 0.3) is 5.91 Å². The molecule has 7 nitrogen and oxygen atoms in total. The van der Waals surface area contributed by atoms with Crippen LogP contribution in [0, 0.1) is 6.92 Å². The molecule has 1 aromatic heterocycles. The van der Waals surface area contributed by atoms with E-state index in [1.807, 2.05) is 0 Å². The lowest BCUT2D eigenvalue weighted by Crippen LogP contribution is -2.15. The van der Waals surface area contributed by atoms with Crippen LogP contribution in [0.25, 0.3) is 0 Å². The minimum absolute atomic E-state index is 0.0165. The normalized spacial score (nSPS) is 10.1. The van der Waals surface area contributed by atoms with Crippen molar-refractivity contribution in [3.05, 3.63) is 29.6 Å². The van der Waals surface area contributed by atoms with Gasteiger partial charge in [-0.3, -0.25) is 10.1 Å². The van der Waals surface area contributed by atoms with Crippen molar-refractivity contribution in [1.82, 2.24) is 10.1 Å². The number of carbonyl (C=O) groups is 1. The Morgan fingerprint density at radius 2 is 2.28 bits per heavy atom. The molecule has 18 heavy (non-hydrogen) atoms. The van der Waals surface area contributed by atoms with Gasteiger partial charge in [0.2, 0.25) is 0 Å². The van der Waals surface area contributed by atoms with Crippen molar-refractivity contribution in [3.63, 3.8) is 0 Å². The fourth-order valence-corrected chi connectivity index (χ4v) is 1.47. The summed E-state index contributed by atoms with van der Waals surface area (Å²) < 4.78 is 9.88. The van der Waals surface area contributed by atoms with Crippen LogP contribution < -0.4 is 15.8 Å². The highest BCUT2D eigenvalue weighted by Crippen LogP contribution is 2.24. The minimum Gasteiger partial charge on any atom is -0.496 e. The zero-order valence-electron chi connectivity index (χ0n) is 9.93. The molecule has 0 aliphatic carbocycles. The van der Waals surface area contributed by atoms with Gasteiger partial charge in [0.15, 0.2) is 5.82 Å². The van der Waals surface area contributed by atoms with Gasteiger partial charge in [0, 0.05) is 5.69 Å². The second-order valence-electron chi connectivity index (χ2n) is 3.53. The topological polar surface area (TPSA) is 103 Å². The summed E-state index contributed by atoms with van der Waals surface area (Å²) in [5.41, 5.74) is 6.29. The van der Waals surface area contributed by atoms with Crippen LogP contribution in [0.1, 0.15) is 16.2 Å². The second-order valence-corrected chi connectivity index (χ2v) is 3.53. The number of rotatable bonds is 3. The van der Waals surface area contributed by atoms with E-state index in [9.17, 15) is 4.79 Å². The third kappa shape index (κ3) is 2.24. The Labute approximate surface area is 103 Å². The smallest absolute Gasteiger partial charge is 0.328 e. The van der Waals surface area contributed by atoms with E-state index in [1.54, 1.807) is 25.1 Å². The Bertz CT molecular complexity index is 579. The molecule has 1 heterocycles. The summed E-state index contributed by atoms with van der Waals surface area (Å²) in [7, 11) is 1.46. The predicted octanol–water partition coefficient (Wildman–Crippen LogP) is 1.22. The lowest BCUT2D eigenvalue weighted by atomic mass is 10.1. The van der Waals surface area contributed by atoms with Crippen molar-refractivity contribution in [3.8, 4) is 5.75 Å². The first-order valence-corrected chi connectivity index (χ1v) is 5.16. The molecule has 0 saturated carbocycles. The summed E-state index contributed by atoms with van der Waals surface area (Å²) in [6.45, 7) is 1.65. The average Bonchev–Trinajstić information content (AvgIpc) is 2.74. The number of amides is 1. The molecule has 7 heteroatoms. The maximum atomic E-state index is 12.0. The Balaban J connectivity index is 2.28. The van der Waals surface area contributed by atoms with E-state index < -0.39 is 5.91 Å². The number of aryl methyl sites for hydroxylation is 1. The van der Waals surface area contributed by atoms with Gasteiger partial charge in [-0.1, -0.05) is 11.2 Å². The van der Waals surface area contributed by atoms with Gasteiger partial charge in [0.1, 0.15) is 11.3 Å². The number of nitrogens with one attached hydrogen (secondary N) is 1. The van der Waals surface area contributed by atoms with E-state index >= 15 is 0 Å². The number of nitrogens with two attached hydrogens (primary N) is 1. The zero-order chi connectivity index (χ0) is 13.1. The van der Waals surface area contributed by atoms with Gasteiger partial charge in [-0.05, 0) is 19.1 Å². The Morgan fingerprint density at radius 3 is 2.89 bits per heavy atom. The van der Waals surface area contributed by atoms with Crippen molar-refractivity contribution < 1.29 is 14.1 Å². The molecule has 0 unspecified atom stereocenters. The molecule has 0 atom stereocenters. The SMILES string of the molecule is COc1cccc(N)c1C(=O)Nc1nc(C)no1. The van der Waals surface area contributed by atoms with Crippen molar-refractivity contribution in [2.75, 3.05) is 18.2 Å². The van der Waals surface area contributed by atoms with Gasteiger partial charge in [-0.15, -0.1) is 0 Å². The molecule has 0 spiro atoms.